The van der Waals surface area contributed by atoms with Gasteiger partial charge in [0.05, 0.1) is 12.2 Å². The van der Waals surface area contributed by atoms with Crippen molar-refractivity contribution in [2.75, 3.05) is 18.2 Å². The van der Waals surface area contributed by atoms with Gasteiger partial charge in [-0.1, -0.05) is 32.0 Å². The Labute approximate surface area is 145 Å². The Balaban J connectivity index is 1.66. The number of ether oxygens (including phenoxy) is 2. The fourth-order valence-corrected chi connectivity index (χ4v) is 4.16. The Morgan fingerprint density at radius 3 is 2.71 bits per heavy atom. The fourth-order valence-electron chi connectivity index (χ4n) is 4.16. The van der Waals surface area contributed by atoms with Crippen LogP contribution in [0.3, 0.4) is 0 Å². The van der Waals surface area contributed by atoms with E-state index in [1.54, 1.807) is 6.92 Å². The fraction of sp³-hybridized carbons (Fsp3) is 0.650. The van der Waals surface area contributed by atoms with Crippen molar-refractivity contribution in [3.8, 4) is 0 Å². The van der Waals surface area contributed by atoms with Gasteiger partial charge in [0, 0.05) is 25.1 Å². The Morgan fingerprint density at radius 2 is 2.00 bits per heavy atom. The van der Waals surface area contributed by atoms with Crippen molar-refractivity contribution in [1.82, 2.24) is 0 Å². The minimum absolute atomic E-state index is 0.0776. The van der Waals surface area contributed by atoms with E-state index in [9.17, 15) is 4.79 Å². The summed E-state index contributed by atoms with van der Waals surface area (Å²) in [7, 11) is 0. The molecule has 4 nitrogen and oxygen atoms in total. The van der Waals surface area contributed by atoms with E-state index in [1.807, 2.05) is 35.2 Å². The van der Waals surface area contributed by atoms with Gasteiger partial charge < -0.3 is 14.4 Å². The molecule has 0 aromatic heterocycles. The smallest absolute Gasteiger partial charge is 0.223 e. The van der Waals surface area contributed by atoms with Gasteiger partial charge in [0.2, 0.25) is 5.91 Å². The lowest BCUT2D eigenvalue weighted by molar-refractivity contribution is -0.227. The molecule has 1 amide bonds. The average molecular weight is 331 g/mol. The van der Waals surface area contributed by atoms with Crippen molar-refractivity contribution in [3.63, 3.8) is 0 Å². The Hall–Kier alpha value is -1.39. The summed E-state index contributed by atoms with van der Waals surface area (Å²) in [5.41, 5.74) is 1.31. The zero-order valence-electron chi connectivity index (χ0n) is 15.0. The van der Waals surface area contributed by atoms with Gasteiger partial charge in [-0.25, -0.2) is 0 Å². The number of fused-ring (bicyclic) bond motifs is 1. The number of benzene rings is 1. The third-order valence-electron chi connectivity index (χ3n) is 5.50. The predicted molar refractivity (Wildman–Crippen MR) is 94.8 cm³/mol. The summed E-state index contributed by atoms with van der Waals surface area (Å²) >= 11 is 0. The molecule has 1 saturated heterocycles. The first-order chi connectivity index (χ1) is 11.5. The molecule has 3 atom stereocenters. The highest BCUT2D eigenvalue weighted by atomic mass is 16.7. The zero-order valence-corrected chi connectivity index (χ0v) is 15.0. The van der Waals surface area contributed by atoms with Crippen LogP contribution in [0.4, 0.5) is 5.69 Å². The molecule has 0 unspecified atom stereocenters. The maximum Gasteiger partial charge on any atom is 0.223 e. The number of anilines is 1. The molecule has 1 saturated carbocycles. The molecule has 1 aliphatic heterocycles. The molecule has 3 rings (SSSR count). The average Bonchev–Trinajstić information content (AvgIpc) is 2.55. The molecule has 2 aliphatic rings. The zero-order chi connectivity index (χ0) is 17.2. The lowest BCUT2D eigenvalue weighted by Crippen LogP contribution is -2.48. The second kappa shape index (κ2) is 7.24. The van der Waals surface area contributed by atoms with Crippen molar-refractivity contribution >= 4 is 11.6 Å². The lowest BCUT2D eigenvalue weighted by Gasteiger charge is -2.46. The van der Waals surface area contributed by atoms with E-state index in [0.29, 0.717) is 30.8 Å². The van der Waals surface area contributed by atoms with E-state index >= 15 is 0 Å². The molecular weight excluding hydrogens is 302 g/mol. The molecule has 132 valence electrons. The molecule has 0 spiro atoms. The molecule has 0 radical (unpaired) electrons. The maximum absolute atomic E-state index is 12.1. The van der Waals surface area contributed by atoms with E-state index < -0.39 is 0 Å². The number of carbonyl (C=O) groups is 1. The summed E-state index contributed by atoms with van der Waals surface area (Å²) in [5.74, 6) is 0.515. The quantitative estimate of drug-likeness (QED) is 0.837. The number of carbonyl (C=O) groups excluding carboxylic acids is 1. The first-order valence-electron chi connectivity index (χ1n) is 9.03. The Kier molecular flexibility index (Phi) is 5.26. The number of rotatable bonds is 4. The molecule has 2 fully saturated rings. The molecule has 0 bridgehead atoms. The molecular formula is C20H29NO3. The number of hydrogen-bond acceptors (Lipinski definition) is 3. The topological polar surface area (TPSA) is 38.8 Å². The normalized spacial score (nSPS) is 28.9. The van der Waals surface area contributed by atoms with Crippen molar-refractivity contribution in [2.45, 2.75) is 58.7 Å². The highest BCUT2D eigenvalue weighted by Crippen LogP contribution is 2.44. The SMILES string of the molecule is CC(=O)N(CC[C@@H]1OCO[C@H]2CCC(C)(C)C[C@@H]12)c1ccccc1. The number of amides is 1. The molecule has 1 aromatic rings. The molecule has 1 heterocycles. The molecule has 1 aliphatic carbocycles. The van der Waals surface area contributed by atoms with Gasteiger partial charge in [0.15, 0.2) is 0 Å². The second-order valence-corrected chi connectivity index (χ2v) is 7.89. The van der Waals surface area contributed by atoms with Crippen LogP contribution in [0.15, 0.2) is 30.3 Å². The summed E-state index contributed by atoms with van der Waals surface area (Å²) in [6.07, 6.45) is 4.81. The van der Waals surface area contributed by atoms with Gasteiger partial charge in [-0.05, 0) is 43.2 Å². The summed E-state index contributed by atoms with van der Waals surface area (Å²) in [5, 5.41) is 0. The van der Waals surface area contributed by atoms with Gasteiger partial charge in [0.1, 0.15) is 6.79 Å². The summed E-state index contributed by atoms with van der Waals surface area (Å²) in [6.45, 7) is 7.37. The Morgan fingerprint density at radius 1 is 1.25 bits per heavy atom. The third kappa shape index (κ3) is 3.98. The van der Waals surface area contributed by atoms with Gasteiger partial charge in [-0.15, -0.1) is 0 Å². The molecule has 24 heavy (non-hydrogen) atoms. The molecule has 4 heteroatoms. The number of nitrogens with zero attached hydrogens (tertiary/aromatic N) is 1. The summed E-state index contributed by atoms with van der Waals surface area (Å²) in [4.78, 5) is 13.9. The minimum Gasteiger partial charge on any atom is -0.352 e. The Bertz CT molecular complexity index is 557. The van der Waals surface area contributed by atoms with Crippen molar-refractivity contribution in [1.29, 1.82) is 0 Å². The van der Waals surface area contributed by atoms with E-state index in [0.717, 1.165) is 24.9 Å². The standard InChI is InChI=1S/C20H29NO3/c1-15(22)21(16-7-5-4-6-8-16)12-10-19-17-13-20(2,3)11-9-18(17)23-14-24-19/h4-8,17-19H,9-14H2,1-3H3/t17-,18+,19+/m1/s1. The number of hydrogen-bond donors (Lipinski definition) is 0. The highest BCUT2D eigenvalue weighted by Gasteiger charge is 2.42. The van der Waals surface area contributed by atoms with Crippen LogP contribution in [-0.4, -0.2) is 31.5 Å². The maximum atomic E-state index is 12.1. The molecule has 0 N–H and O–H groups in total. The van der Waals surface area contributed by atoms with Crippen LogP contribution in [-0.2, 0) is 14.3 Å². The van der Waals surface area contributed by atoms with Gasteiger partial charge >= 0.3 is 0 Å². The van der Waals surface area contributed by atoms with Crippen molar-refractivity contribution in [3.05, 3.63) is 30.3 Å². The third-order valence-corrected chi connectivity index (χ3v) is 5.50. The summed E-state index contributed by atoms with van der Waals surface area (Å²) in [6, 6.07) is 9.88. The van der Waals surface area contributed by atoms with Crippen molar-refractivity contribution in [2.24, 2.45) is 11.3 Å². The van der Waals surface area contributed by atoms with Crippen LogP contribution in [0.1, 0.15) is 46.5 Å². The van der Waals surface area contributed by atoms with E-state index in [-0.39, 0.29) is 12.0 Å². The highest BCUT2D eigenvalue weighted by molar-refractivity contribution is 5.91. The molecule has 1 aromatic carbocycles. The van der Waals surface area contributed by atoms with Crippen LogP contribution in [0.2, 0.25) is 0 Å². The largest absolute Gasteiger partial charge is 0.352 e. The van der Waals surface area contributed by atoms with Gasteiger partial charge in [-0.2, -0.15) is 0 Å². The first-order valence-corrected chi connectivity index (χ1v) is 9.03. The monoisotopic (exact) mass is 331 g/mol. The summed E-state index contributed by atoms with van der Waals surface area (Å²) < 4.78 is 11.8. The lowest BCUT2D eigenvalue weighted by atomic mass is 9.68. The van der Waals surface area contributed by atoms with Crippen molar-refractivity contribution < 1.29 is 14.3 Å². The van der Waals surface area contributed by atoms with Crippen LogP contribution in [0.5, 0.6) is 0 Å². The van der Waals surface area contributed by atoms with Gasteiger partial charge in [-0.3, -0.25) is 4.79 Å². The first kappa shape index (κ1) is 17.4. The van der Waals surface area contributed by atoms with Crippen LogP contribution in [0, 0.1) is 11.3 Å². The van der Waals surface area contributed by atoms with Crippen LogP contribution >= 0.6 is 0 Å². The van der Waals surface area contributed by atoms with E-state index in [2.05, 4.69) is 13.8 Å². The van der Waals surface area contributed by atoms with Gasteiger partial charge in [0.25, 0.3) is 0 Å². The van der Waals surface area contributed by atoms with Crippen LogP contribution < -0.4 is 4.90 Å². The van der Waals surface area contributed by atoms with E-state index in [4.69, 9.17) is 9.47 Å². The minimum atomic E-state index is 0.0776. The van der Waals surface area contributed by atoms with E-state index in [1.165, 1.54) is 6.42 Å². The second-order valence-electron chi connectivity index (χ2n) is 7.89. The van der Waals surface area contributed by atoms with Crippen LogP contribution in [0.25, 0.3) is 0 Å². The predicted octanol–water partition coefficient (Wildman–Crippen LogP) is 4.00. The number of para-hydroxylation sites is 1.